The van der Waals surface area contributed by atoms with Gasteiger partial charge in [0.15, 0.2) is 0 Å². The molecule has 14 nitrogen and oxygen atoms in total. The second-order valence-electron chi connectivity index (χ2n) is 2.21. The van der Waals surface area contributed by atoms with Crippen molar-refractivity contribution in [3.05, 3.63) is 0 Å². The molecule has 23 heteroatoms. The van der Waals surface area contributed by atoms with E-state index in [0.29, 0.717) is 0 Å². The molecule has 0 aromatic carbocycles. The summed E-state index contributed by atoms with van der Waals surface area (Å²) in [5, 5.41) is 35.3. The second kappa shape index (κ2) is 58.1. The Hall–Kier alpha value is -1.11. The zero-order chi connectivity index (χ0) is 27.8. The average molecular weight is 557 g/mol. The fourth-order valence-corrected chi connectivity index (χ4v) is 0. The van der Waals surface area contributed by atoms with E-state index in [2.05, 4.69) is 27.5 Å². The van der Waals surface area contributed by atoms with E-state index in [1.54, 1.807) is 0 Å². The minimum atomic E-state index is -5.08. The average Bonchev–Trinajstić information content (AvgIpc) is 2.68. The van der Waals surface area contributed by atoms with Crippen LogP contribution in [0.25, 0.3) is 0 Å². The molecule has 0 unspecified atom stereocenters. The molecule has 0 aliphatic rings. The van der Waals surface area contributed by atoms with Crippen molar-refractivity contribution in [2.45, 2.75) is 12.4 Å². The quantitative estimate of drug-likeness (QED) is 0.0359. The summed E-state index contributed by atoms with van der Waals surface area (Å²) < 4.78 is 74.9. The van der Waals surface area contributed by atoms with E-state index >= 15 is 0 Å². The molecule has 0 saturated heterocycles. The number of alkyl halides is 6. The fourth-order valence-electron chi connectivity index (χ4n) is 0. The molecule has 34 heavy (non-hydrogen) atoms. The maximum Gasteiger partial charge on any atom is 1.00 e. The second-order valence-corrected chi connectivity index (χ2v) is 2.21. The maximum atomic E-state index is 10.6. The van der Waals surface area contributed by atoms with Gasteiger partial charge in [-0.25, -0.2) is 25.4 Å². The SMILES string of the molecule is N.O=C(O)C(F)(F)F.O=C(O)C(F)(F)F.O=COO.O=COO.O=COO.[2H]C#C.[2H]C#C.[H-].[H-].[H-].[Na+].[Na+].[Na+]. The maximum absolute atomic E-state index is 10.6. The number of hydrogen-bond donors (Lipinski definition) is 6. The molecule has 0 amide bonds. The molecule has 0 aliphatic carbocycles. The van der Waals surface area contributed by atoms with Crippen LogP contribution in [0.2, 0.25) is 0 Å². The van der Waals surface area contributed by atoms with Crippen molar-refractivity contribution >= 4 is 31.4 Å². The molecule has 0 radical (unpaired) electrons. The van der Waals surface area contributed by atoms with Crippen LogP contribution in [-0.2, 0) is 38.6 Å². The summed E-state index contributed by atoms with van der Waals surface area (Å²) in [6.07, 6.45) is 1.36. The van der Waals surface area contributed by atoms with Gasteiger partial charge in [0.05, 0.1) is 0 Å². The van der Waals surface area contributed by atoms with Crippen LogP contribution in [0.4, 0.5) is 26.3 Å². The molecule has 0 rings (SSSR count). The molecule has 190 valence electrons. The number of carbonyl (C=O) groups is 5. The summed E-state index contributed by atoms with van der Waals surface area (Å²) in [6, 6.07) is 0. The number of hydrogen-bond acceptors (Lipinski definition) is 12. The zero-order valence-corrected chi connectivity index (χ0v) is 23.4. The minimum Gasteiger partial charge on any atom is -1.00 e. The van der Waals surface area contributed by atoms with Crippen LogP contribution in [0.5, 0.6) is 0 Å². The summed E-state index contributed by atoms with van der Waals surface area (Å²) in [6.45, 7) is -0.208. The van der Waals surface area contributed by atoms with E-state index in [1.165, 1.54) is 12.8 Å². The van der Waals surface area contributed by atoms with Gasteiger partial charge < -0.3 is 35.3 Å². The summed E-state index contributed by atoms with van der Waals surface area (Å²) >= 11 is 0. The molecule has 0 aliphatic heterocycles. The largest absolute Gasteiger partial charge is 1.00 e. The van der Waals surface area contributed by atoms with Crippen molar-refractivity contribution in [3.8, 4) is 25.6 Å². The summed E-state index contributed by atoms with van der Waals surface area (Å²) in [5.74, 6) is -5.51. The van der Waals surface area contributed by atoms with E-state index in [0.717, 1.165) is 0 Å². The molecule has 0 saturated carbocycles. The van der Waals surface area contributed by atoms with E-state index < -0.39 is 24.3 Å². The van der Waals surface area contributed by atoms with Gasteiger partial charge in [-0.15, -0.1) is 25.6 Å². The third kappa shape index (κ3) is 143. The first kappa shape index (κ1) is 58.6. The van der Waals surface area contributed by atoms with E-state index in [-0.39, 0.29) is 119 Å². The Labute approximate surface area is 260 Å². The predicted molar refractivity (Wildman–Crippen MR) is 84.9 cm³/mol. The van der Waals surface area contributed by atoms with Crippen molar-refractivity contribution in [2.24, 2.45) is 0 Å². The molecular formula is C11H18F6NNa3O13. The van der Waals surface area contributed by atoms with E-state index in [1.807, 2.05) is 0 Å². The van der Waals surface area contributed by atoms with Gasteiger partial charge in [0.1, 0.15) is 2.74 Å². The van der Waals surface area contributed by atoms with Gasteiger partial charge in [0.2, 0.25) is 0 Å². The first-order valence-electron chi connectivity index (χ1n) is 6.03. The summed E-state index contributed by atoms with van der Waals surface area (Å²) in [5.41, 5.74) is 0. The smallest absolute Gasteiger partial charge is 1.00 e. The molecule has 0 aromatic heterocycles. The Morgan fingerprint density at radius 3 is 0.765 bits per heavy atom. The van der Waals surface area contributed by atoms with Gasteiger partial charge >= 0.3 is 132 Å². The predicted octanol–water partition coefficient (Wildman–Crippen LogP) is -7.83. The molecule has 0 spiro atoms. The van der Waals surface area contributed by atoms with Crippen LogP contribution in [-0.4, -0.2) is 69.7 Å². The molecule has 0 atom stereocenters. The van der Waals surface area contributed by atoms with Crippen LogP contribution < -0.4 is 94.8 Å². The van der Waals surface area contributed by atoms with Gasteiger partial charge in [-0.05, 0) is 0 Å². The number of carboxylic acids is 2. The standard InChI is InChI=1S/2C2HF3O2.2C2H2.3CH2O3.H3N.3Na.3H/c2*3-2(4,5)1(6)7;2*1-2;3*2-1-4-3;;;;;;;/h2*(H,6,7);2*1-2H;3*1,3H;1H3;;;;;;/q;;;;;;;;3*+1;3*-1/i;;2*1D;;;;;;;;;;. The molecule has 8 N–H and O–H groups in total. The Balaban J connectivity index is -0.0000000155. The monoisotopic (exact) mass is 557 g/mol. The Morgan fingerprint density at radius 1 is 0.706 bits per heavy atom. The molecule has 0 fully saturated rings. The Kier molecular flexibility index (Phi) is 100. The third-order valence-electron chi connectivity index (χ3n) is 0.614. The van der Waals surface area contributed by atoms with E-state index in [9.17, 15) is 26.3 Å². The number of halogens is 6. The molecule has 0 heterocycles. The van der Waals surface area contributed by atoms with Gasteiger partial charge in [-0.1, -0.05) is 0 Å². The van der Waals surface area contributed by atoms with Crippen molar-refractivity contribution in [3.63, 3.8) is 0 Å². The number of rotatable bonds is 3. The minimum absolute atomic E-state index is 0. The number of carboxylic acid groups (broad SMARTS) is 2. The summed E-state index contributed by atoms with van der Waals surface area (Å²) in [4.78, 5) is 52.5. The van der Waals surface area contributed by atoms with Crippen molar-refractivity contribution in [1.29, 1.82) is 0 Å². The third-order valence-corrected chi connectivity index (χ3v) is 0.614. The Morgan fingerprint density at radius 2 is 0.765 bits per heavy atom. The van der Waals surface area contributed by atoms with Crippen molar-refractivity contribution < 1.29 is 187 Å². The molecule has 0 aromatic rings. The van der Waals surface area contributed by atoms with Gasteiger partial charge in [-0.2, -0.15) is 26.3 Å². The van der Waals surface area contributed by atoms with Gasteiger partial charge in [0, 0.05) is 0 Å². The number of aliphatic carboxylic acids is 2. The first-order valence-corrected chi connectivity index (χ1v) is 5.03. The fraction of sp³-hybridized carbons (Fsp3) is 0.182. The van der Waals surface area contributed by atoms with E-state index in [4.69, 9.17) is 52.7 Å². The first-order chi connectivity index (χ1) is 14.5. The van der Waals surface area contributed by atoms with Crippen LogP contribution in [0.3, 0.4) is 0 Å². The normalized spacial score (nSPS) is 7.03. The van der Waals surface area contributed by atoms with Crippen LogP contribution in [0.1, 0.15) is 7.02 Å². The molecule has 0 bridgehead atoms. The van der Waals surface area contributed by atoms with Crippen molar-refractivity contribution in [1.82, 2.24) is 6.15 Å². The van der Waals surface area contributed by atoms with Crippen LogP contribution in [0, 0.1) is 25.6 Å². The topological polar surface area (TPSA) is 249 Å². The number of terminal acetylenes is 2. The number of carbonyl (C=O) groups excluding carboxylic acids is 3. The summed E-state index contributed by atoms with van der Waals surface area (Å²) in [7, 11) is 0. The van der Waals surface area contributed by atoms with Crippen LogP contribution >= 0.6 is 0 Å². The Bertz CT molecular complexity index is 517. The zero-order valence-electron chi connectivity index (χ0n) is 22.4. The van der Waals surface area contributed by atoms with Crippen molar-refractivity contribution in [2.75, 3.05) is 0 Å². The van der Waals surface area contributed by atoms with Gasteiger partial charge in [0.25, 0.3) is 0 Å². The van der Waals surface area contributed by atoms with Gasteiger partial charge in [-0.3, -0.25) is 14.4 Å². The molecular weight excluding hydrogens is 537 g/mol. The van der Waals surface area contributed by atoms with Crippen LogP contribution in [0.15, 0.2) is 0 Å².